The van der Waals surface area contributed by atoms with Gasteiger partial charge >= 0.3 is 0 Å². The Morgan fingerprint density at radius 2 is 1.65 bits per heavy atom. The molecule has 0 aliphatic carbocycles. The van der Waals surface area contributed by atoms with E-state index in [2.05, 4.69) is 22.9 Å². The summed E-state index contributed by atoms with van der Waals surface area (Å²) in [6.45, 7) is 4.62. The molecule has 37 heavy (non-hydrogen) atoms. The molecule has 1 heterocycles. The number of carbonyl (C=O) groups is 1. The van der Waals surface area contributed by atoms with Crippen LogP contribution in [0.4, 0.5) is 0 Å². The molecule has 0 N–H and O–H groups in total. The summed E-state index contributed by atoms with van der Waals surface area (Å²) < 4.78 is 2.59. The van der Waals surface area contributed by atoms with Gasteiger partial charge in [-0.15, -0.1) is 0 Å². The molecule has 186 valence electrons. The lowest BCUT2D eigenvalue weighted by atomic mass is 10.1. The highest BCUT2D eigenvalue weighted by molar-refractivity contribution is 9.10. The molecular formula is C31H28BrN3O2. The SMILES string of the molecule is CCCCN(C(=O)c1ccc(Br)cc1)C(C)c1nc2ccccc2c(=O)n1-c1ccc2ccccc2c1. The molecule has 0 fully saturated rings. The Morgan fingerprint density at radius 3 is 2.41 bits per heavy atom. The Hall–Kier alpha value is -3.77. The van der Waals surface area contributed by atoms with Crippen LogP contribution in [0.5, 0.6) is 0 Å². The summed E-state index contributed by atoms with van der Waals surface area (Å²) in [5, 5.41) is 2.68. The van der Waals surface area contributed by atoms with Crippen LogP contribution in [0.2, 0.25) is 0 Å². The van der Waals surface area contributed by atoms with Crippen molar-refractivity contribution in [1.82, 2.24) is 14.5 Å². The minimum atomic E-state index is -0.438. The van der Waals surface area contributed by atoms with E-state index in [0.717, 1.165) is 33.8 Å². The number of carbonyl (C=O) groups excluding carboxylic acids is 1. The van der Waals surface area contributed by atoms with Gasteiger partial charge in [0.2, 0.25) is 0 Å². The molecule has 6 heteroatoms. The molecule has 1 unspecified atom stereocenters. The molecule has 5 rings (SSSR count). The van der Waals surface area contributed by atoms with Crippen molar-refractivity contribution in [3.8, 4) is 5.69 Å². The van der Waals surface area contributed by atoms with Gasteiger partial charge in [-0.25, -0.2) is 4.98 Å². The van der Waals surface area contributed by atoms with E-state index in [1.54, 1.807) is 10.6 Å². The molecule has 0 aliphatic rings. The minimum absolute atomic E-state index is 0.0825. The van der Waals surface area contributed by atoms with E-state index in [-0.39, 0.29) is 11.5 Å². The Bertz CT molecular complexity index is 1640. The second-order valence-electron chi connectivity index (χ2n) is 9.19. The van der Waals surface area contributed by atoms with E-state index in [1.165, 1.54) is 0 Å². The zero-order valence-corrected chi connectivity index (χ0v) is 22.5. The molecule has 0 radical (unpaired) electrons. The van der Waals surface area contributed by atoms with Gasteiger partial charge in [0.05, 0.1) is 22.6 Å². The van der Waals surface area contributed by atoms with Crippen molar-refractivity contribution in [2.24, 2.45) is 0 Å². The zero-order chi connectivity index (χ0) is 25.9. The summed E-state index contributed by atoms with van der Waals surface area (Å²) in [7, 11) is 0. The number of amides is 1. The fourth-order valence-electron chi connectivity index (χ4n) is 4.69. The van der Waals surface area contributed by atoms with Crippen LogP contribution in [0.3, 0.4) is 0 Å². The quantitative estimate of drug-likeness (QED) is 0.212. The van der Waals surface area contributed by atoms with Crippen LogP contribution in [0.25, 0.3) is 27.4 Å². The Kier molecular flexibility index (Phi) is 7.19. The maximum Gasteiger partial charge on any atom is 0.266 e. The first-order valence-corrected chi connectivity index (χ1v) is 13.3. The van der Waals surface area contributed by atoms with Gasteiger partial charge < -0.3 is 4.90 Å². The molecule has 0 saturated heterocycles. The highest BCUT2D eigenvalue weighted by Gasteiger charge is 2.27. The first-order valence-electron chi connectivity index (χ1n) is 12.6. The van der Waals surface area contributed by atoms with Crippen molar-refractivity contribution in [1.29, 1.82) is 0 Å². The second-order valence-corrected chi connectivity index (χ2v) is 10.1. The smallest absolute Gasteiger partial charge is 0.266 e. The normalized spacial score (nSPS) is 12.1. The predicted molar refractivity (Wildman–Crippen MR) is 153 cm³/mol. The Labute approximate surface area is 224 Å². The van der Waals surface area contributed by atoms with Crippen LogP contribution in [0, 0.1) is 0 Å². The van der Waals surface area contributed by atoms with Crippen molar-refractivity contribution >= 4 is 43.5 Å². The molecule has 0 aliphatic heterocycles. The lowest BCUT2D eigenvalue weighted by Gasteiger charge is -2.31. The summed E-state index contributed by atoms with van der Waals surface area (Å²) in [5.41, 5.74) is 1.81. The first kappa shape index (κ1) is 24.9. The van der Waals surface area contributed by atoms with Gasteiger partial charge in [-0.2, -0.15) is 0 Å². The number of fused-ring (bicyclic) bond motifs is 2. The van der Waals surface area contributed by atoms with Crippen molar-refractivity contribution in [2.75, 3.05) is 6.54 Å². The van der Waals surface area contributed by atoms with Crippen molar-refractivity contribution in [3.05, 3.63) is 117 Å². The number of rotatable bonds is 7. The fourth-order valence-corrected chi connectivity index (χ4v) is 4.96. The van der Waals surface area contributed by atoms with Crippen molar-refractivity contribution in [3.63, 3.8) is 0 Å². The third kappa shape index (κ3) is 4.94. The summed E-state index contributed by atoms with van der Waals surface area (Å²) >= 11 is 3.45. The zero-order valence-electron chi connectivity index (χ0n) is 20.9. The van der Waals surface area contributed by atoms with Crippen molar-refractivity contribution in [2.45, 2.75) is 32.7 Å². The first-order chi connectivity index (χ1) is 18.0. The Balaban J connectivity index is 1.70. The van der Waals surface area contributed by atoms with Crippen LogP contribution < -0.4 is 5.56 Å². The van der Waals surface area contributed by atoms with E-state index < -0.39 is 6.04 Å². The molecule has 0 spiro atoms. The van der Waals surface area contributed by atoms with Crippen LogP contribution in [-0.2, 0) is 0 Å². The maximum absolute atomic E-state index is 13.9. The number of halogens is 1. The molecule has 0 saturated carbocycles. The summed E-state index contributed by atoms with van der Waals surface area (Å²) in [5.74, 6) is 0.460. The molecule has 0 bridgehead atoms. The van der Waals surface area contributed by atoms with Gasteiger partial charge in [0.15, 0.2) is 0 Å². The van der Waals surface area contributed by atoms with Gasteiger partial charge in [0, 0.05) is 16.6 Å². The van der Waals surface area contributed by atoms with E-state index >= 15 is 0 Å². The minimum Gasteiger partial charge on any atom is -0.329 e. The summed E-state index contributed by atoms with van der Waals surface area (Å²) in [4.78, 5) is 34.5. The van der Waals surface area contributed by atoms with Gasteiger partial charge in [0.25, 0.3) is 11.5 Å². The summed E-state index contributed by atoms with van der Waals surface area (Å²) in [6, 6.07) is 28.4. The maximum atomic E-state index is 13.9. The number of unbranched alkanes of at least 4 members (excludes halogenated alkanes) is 1. The van der Waals surface area contributed by atoms with E-state index in [1.807, 2.05) is 96.8 Å². The van der Waals surface area contributed by atoms with Crippen LogP contribution >= 0.6 is 15.9 Å². The number of hydrogen-bond donors (Lipinski definition) is 0. The van der Waals surface area contributed by atoms with E-state index in [9.17, 15) is 9.59 Å². The third-order valence-corrected chi connectivity index (χ3v) is 7.27. The average Bonchev–Trinajstić information content (AvgIpc) is 2.93. The van der Waals surface area contributed by atoms with Crippen LogP contribution in [-0.4, -0.2) is 26.9 Å². The molecule has 5 nitrogen and oxygen atoms in total. The molecule has 1 amide bonds. The summed E-state index contributed by atoms with van der Waals surface area (Å²) in [6.07, 6.45) is 1.79. The molecule has 1 aromatic heterocycles. The van der Waals surface area contributed by atoms with Crippen molar-refractivity contribution < 1.29 is 4.79 Å². The molecule has 1 atom stereocenters. The highest BCUT2D eigenvalue weighted by Crippen LogP contribution is 2.27. The van der Waals surface area contributed by atoms with Gasteiger partial charge in [-0.1, -0.05) is 71.7 Å². The standard InChI is InChI=1S/C31H28BrN3O2/c1-3-4-19-34(30(36)23-13-16-25(32)17-14-23)21(2)29-33-28-12-8-7-11-27(28)31(37)35(29)26-18-15-22-9-5-6-10-24(22)20-26/h5-18,20-21H,3-4,19H2,1-2H3. The topological polar surface area (TPSA) is 55.2 Å². The van der Waals surface area contributed by atoms with Crippen LogP contribution in [0.15, 0.2) is 100 Å². The number of nitrogens with zero attached hydrogens (tertiary/aromatic N) is 3. The highest BCUT2D eigenvalue weighted by atomic mass is 79.9. The average molecular weight is 554 g/mol. The second kappa shape index (κ2) is 10.7. The predicted octanol–water partition coefficient (Wildman–Crippen LogP) is 7.30. The van der Waals surface area contributed by atoms with Gasteiger partial charge in [-0.3, -0.25) is 14.2 Å². The van der Waals surface area contributed by atoms with E-state index in [4.69, 9.17) is 4.98 Å². The van der Waals surface area contributed by atoms with Gasteiger partial charge in [-0.05, 0) is 72.6 Å². The number of hydrogen-bond acceptors (Lipinski definition) is 3. The Morgan fingerprint density at radius 1 is 0.946 bits per heavy atom. The van der Waals surface area contributed by atoms with Gasteiger partial charge in [0.1, 0.15) is 5.82 Å². The molecular weight excluding hydrogens is 526 g/mol. The van der Waals surface area contributed by atoms with Crippen LogP contribution in [0.1, 0.15) is 48.9 Å². The fraction of sp³-hybridized carbons (Fsp3) is 0.194. The lowest BCUT2D eigenvalue weighted by Crippen LogP contribution is -2.38. The lowest BCUT2D eigenvalue weighted by molar-refractivity contribution is 0.0678. The monoisotopic (exact) mass is 553 g/mol. The third-order valence-electron chi connectivity index (χ3n) is 6.74. The number of benzene rings is 4. The number of para-hydroxylation sites is 1. The molecule has 4 aromatic carbocycles. The largest absolute Gasteiger partial charge is 0.329 e. The van der Waals surface area contributed by atoms with E-state index in [0.29, 0.717) is 28.8 Å². The number of aromatic nitrogens is 2. The molecule has 5 aromatic rings.